The van der Waals surface area contributed by atoms with Crippen LogP contribution in [0.15, 0.2) is 36.7 Å². The van der Waals surface area contributed by atoms with Gasteiger partial charge in [-0.2, -0.15) is 5.10 Å². The van der Waals surface area contributed by atoms with E-state index in [-0.39, 0.29) is 6.10 Å². The van der Waals surface area contributed by atoms with Gasteiger partial charge in [0.25, 0.3) is 0 Å². The molecule has 2 N–H and O–H groups in total. The molecule has 1 aliphatic heterocycles. The molecule has 0 amide bonds. The van der Waals surface area contributed by atoms with Crippen molar-refractivity contribution in [1.29, 1.82) is 0 Å². The van der Waals surface area contributed by atoms with Crippen LogP contribution in [0.25, 0.3) is 5.69 Å². The fraction of sp³-hybridized carbons (Fsp3) is 0.400. The van der Waals surface area contributed by atoms with Crippen molar-refractivity contribution in [3.8, 4) is 11.4 Å². The predicted octanol–water partition coefficient (Wildman–Crippen LogP) is 0.0251. The van der Waals surface area contributed by atoms with Crippen LogP contribution < -0.4 is 10.2 Å². The first-order valence-electron chi connectivity index (χ1n) is 7.48. The van der Waals surface area contributed by atoms with Crippen molar-refractivity contribution in [3.05, 3.63) is 36.7 Å². The Labute approximate surface area is 130 Å². The number of rotatable bonds is 4. The van der Waals surface area contributed by atoms with Crippen molar-refractivity contribution >= 4 is 12.6 Å². The zero-order valence-corrected chi connectivity index (χ0v) is 12.6. The Kier molecular flexibility index (Phi) is 4.47. The molecular formula is C15H20BN3O3. The normalized spacial score (nSPS) is 16.7. The Balaban J connectivity index is 1.64. The lowest BCUT2D eigenvalue weighted by Gasteiger charge is -2.29. The van der Waals surface area contributed by atoms with E-state index in [9.17, 15) is 0 Å². The summed E-state index contributed by atoms with van der Waals surface area (Å²) in [6, 6.07) is 7.66. The van der Waals surface area contributed by atoms with Gasteiger partial charge >= 0.3 is 7.12 Å². The smallest absolute Gasteiger partial charge is 0.490 e. The van der Waals surface area contributed by atoms with Crippen molar-refractivity contribution in [2.75, 3.05) is 20.1 Å². The summed E-state index contributed by atoms with van der Waals surface area (Å²) in [5.74, 6) is 0.855. The number of hydrogen-bond acceptors (Lipinski definition) is 5. The van der Waals surface area contributed by atoms with Gasteiger partial charge in [-0.05, 0) is 44.2 Å². The number of aromatic nitrogens is 2. The molecular weight excluding hydrogens is 281 g/mol. The summed E-state index contributed by atoms with van der Waals surface area (Å²) in [5, 5.41) is 22.3. The van der Waals surface area contributed by atoms with Gasteiger partial charge in [-0.15, -0.1) is 0 Å². The monoisotopic (exact) mass is 301 g/mol. The summed E-state index contributed by atoms with van der Waals surface area (Å²) in [4.78, 5) is 2.31. The third-order valence-electron chi connectivity index (χ3n) is 3.97. The predicted molar refractivity (Wildman–Crippen MR) is 84.5 cm³/mol. The molecule has 6 nitrogen and oxygen atoms in total. The molecule has 1 aromatic carbocycles. The van der Waals surface area contributed by atoms with Crippen molar-refractivity contribution < 1.29 is 14.8 Å². The second kappa shape index (κ2) is 6.52. The molecule has 1 aromatic heterocycles. The first-order chi connectivity index (χ1) is 10.6. The summed E-state index contributed by atoms with van der Waals surface area (Å²) in [6.45, 7) is 2.14. The highest BCUT2D eigenvalue weighted by Crippen LogP contribution is 2.20. The summed E-state index contributed by atoms with van der Waals surface area (Å²) >= 11 is 0. The van der Waals surface area contributed by atoms with E-state index in [1.54, 1.807) is 10.9 Å². The highest BCUT2D eigenvalue weighted by Gasteiger charge is 2.18. The Morgan fingerprint density at radius 1 is 1.18 bits per heavy atom. The third kappa shape index (κ3) is 3.49. The van der Waals surface area contributed by atoms with Gasteiger partial charge in [0.2, 0.25) is 0 Å². The van der Waals surface area contributed by atoms with Gasteiger partial charge in [0, 0.05) is 30.9 Å². The molecule has 22 heavy (non-hydrogen) atoms. The molecule has 3 rings (SSSR count). The van der Waals surface area contributed by atoms with E-state index in [0.29, 0.717) is 5.46 Å². The average molecular weight is 301 g/mol. The molecule has 0 aliphatic carbocycles. The molecule has 2 aromatic rings. The summed E-state index contributed by atoms with van der Waals surface area (Å²) in [6.07, 6.45) is 5.41. The number of ether oxygens (including phenoxy) is 1. The van der Waals surface area contributed by atoms with Crippen LogP contribution >= 0.6 is 0 Å². The van der Waals surface area contributed by atoms with E-state index in [1.165, 1.54) is 6.20 Å². The van der Waals surface area contributed by atoms with Crippen LogP contribution in [0.2, 0.25) is 0 Å². The second-order valence-electron chi connectivity index (χ2n) is 5.71. The number of nitrogens with zero attached hydrogens (tertiary/aromatic N) is 3. The molecule has 0 spiro atoms. The van der Waals surface area contributed by atoms with E-state index < -0.39 is 7.12 Å². The Morgan fingerprint density at radius 2 is 1.86 bits per heavy atom. The summed E-state index contributed by atoms with van der Waals surface area (Å²) < 4.78 is 7.61. The summed E-state index contributed by atoms with van der Waals surface area (Å²) in [7, 11) is 0.632. The number of likely N-dealkylation sites (tertiary alicyclic amines) is 1. The highest BCUT2D eigenvalue weighted by molar-refractivity contribution is 6.58. The molecule has 1 fully saturated rings. The Hall–Kier alpha value is -1.83. The SMILES string of the molecule is CN1CCC(Oc2ccc(-n3cc(B(O)O)cn3)cc2)CC1. The van der Waals surface area contributed by atoms with E-state index in [0.717, 1.165) is 37.4 Å². The molecule has 0 saturated carbocycles. The molecule has 7 heteroatoms. The molecule has 2 heterocycles. The van der Waals surface area contributed by atoms with E-state index in [2.05, 4.69) is 17.0 Å². The first-order valence-corrected chi connectivity index (χ1v) is 7.48. The fourth-order valence-electron chi connectivity index (χ4n) is 2.58. The largest absolute Gasteiger partial charge is 0.491 e. The standard InChI is InChI=1S/C15H20BN3O3/c1-18-8-6-15(7-9-18)22-14-4-2-13(3-5-14)19-11-12(10-17-19)16(20)21/h2-5,10-11,15,20-21H,6-9H2,1H3. The van der Waals surface area contributed by atoms with Crippen molar-refractivity contribution in [3.63, 3.8) is 0 Å². The van der Waals surface area contributed by atoms with Crippen LogP contribution in [-0.2, 0) is 0 Å². The number of piperidine rings is 1. The highest BCUT2D eigenvalue weighted by atomic mass is 16.5. The van der Waals surface area contributed by atoms with E-state index >= 15 is 0 Å². The van der Waals surface area contributed by atoms with Gasteiger partial charge in [0.1, 0.15) is 11.9 Å². The molecule has 116 valence electrons. The maximum Gasteiger partial charge on any atom is 0.491 e. The minimum atomic E-state index is -1.50. The van der Waals surface area contributed by atoms with Crippen LogP contribution in [-0.4, -0.2) is 58.1 Å². The molecule has 1 saturated heterocycles. The van der Waals surface area contributed by atoms with Crippen LogP contribution in [0.1, 0.15) is 12.8 Å². The van der Waals surface area contributed by atoms with Gasteiger partial charge in [-0.1, -0.05) is 0 Å². The topological polar surface area (TPSA) is 70.8 Å². The van der Waals surface area contributed by atoms with Crippen molar-refractivity contribution in [2.45, 2.75) is 18.9 Å². The van der Waals surface area contributed by atoms with Gasteiger partial charge in [-0.25, -0.2) is 4.68 Å². The minimum absolute atomic E-state index is 0.280. The Bertz CT molecular complexity index is 607. The van der Waals surface area contributed by atoms with Gasteiger partial charge in [-0.3, -0.25) is 0 Å². The second-order valence-corrected chi connectivity index (χ2v) is 5.71. The third-order valence-corrected chi connectivity index (χ3v) is 3.97. The maximum absolute atomic E-state index is 9.11. The molecule has 0 unspecified atom stereocenters. The lowest BCUT2D eigenvalue weighted by atomic mass is 9.83. The molecule has 0 radical (unpaired) electrons. The van der Waals surface area contributed by atoms with Crippen LogP contribution in [0.4, 0.5) is 0 Å². The Morgan fingerprint density at radius 3 is 2.45 bits per heavy atom. The van der Waals surface area contributed by atoms with Gasteiger partial charge in [0.05, 0.1) is 5.69 Å². The zero-order chi connectivity index (χ0) is 15.5. The van der Waals surface area contributed by atoms with Crippen LogP contribution in [0.3, 0.4) is 0 Å². The average Bonchev–Trinajstić information content (AvgIpc) is 3.00. The van der Waals surface area contributed by atoms with E-state index in [4.69, 9.17) is 14.8 Å². The van der Waals surface area contributed by atoms with E-state index in [1.807, 2.05) is 24.3 Å². The lowest BCUT2D eigenvalue weighted by molar-refractivity contribution is 0.114. The molecule has 0 bridgehead atoms. The maximum atomic E-state index is 9.11. The summed E-state index contributed by atoms with van der Waals surface area (Å²) in [5.41, 5.74) is 1.22. The van der Waals surface area contributed by atoms with Crippen LogP contribution in [0, 0.1) is 0 Å². The first kappa shape index (κ1) is 15.1. The number of benzene rings is 1. The zero-order valence-electron chi connectivity index (χ0n) is 12.6. The molecule has 1 aliphatic rings. The van der Waals surface area contributed by atoms with Gasteiger partial charge in [0.15, 0.2) is 0 Å². The van der Waals surface area contributed by atoms with Crippen molar-refractivity contribution in [2.24, 2.45) is 0 Å². The van der Waals surface area contributed by atoms with Crippen molar-refractivity contribution in [1.82, 2.24) is 14.7 Å². The molecule has 0 atom stereocenters. The van der Waals surface area contributed by atoms with Gasteiger partial charge < -0.3 is 19.7 Å². The lowest BCUT2D eigenvalue weighted by Crippen LogP contribution is -2.35. The fourth-order valence-corrected chi connectivity index (χ4v) is 2.58. The van der Waals surface area contributed by atoms with Crippen LogP contribution in [0.5, 0.6) is 5.75 Å². The minimum Gasteiger partial charge on any atom is -0.490 e. The number of hydrogen-bond donors (Lipinski definition) is 2. The quantitative estimate of drug-likeness (QED) is 0.780.